The average Bonchev–Trinajstić information content (AvgIpc) is 3.60. The van der Waals surface area contributed by atoms with Crippen LogP contribution in [-0.4, -0.2) is 96.0 Å². The van der Waals surface area contributed by atoms with E-state index in [0.29, 0.717) is 25.4 Å². The Morgan fingerprint density at radius 3 is 2.33 bits per heavy atom. The second-order valence-electron chi connectivity index (χ2n) is 13.3. The van der Waals surface area contributed by atoms with Crippen molar-refractivity contribution < 1.29 is 27.9 Å². The maximum atomic E-state index is 14.1. The van der Waals surface area contributed by atoms with Crippen molar-refractivity contribution in [3.8, 4) is 5.75 Å². The molecule has 3 amide bonds. The molecule has 2 N–H and O–H groups in total. The minimum Gasteiger partial charge on any atom is -0.497 e. The Morgan fingerprint density at radius 1 is 1.06 bits per heavy atom. The van der Waals surface area contributed by atoms with E-state index in [0.717, 1.165) is 27.6 Å². The van der Waals surface area contributed by atoms with E-state index < -0.39 is 34.1 Å². The molecule has 0 radical (unpaired) electrons. The highest BCUT2D eigenvalue weighted by Gasteiger charge is 2.41. The Bertz CT molecular complexity index is 1650. The van der Waals surface area contributed by atoms with Crippen LogP contribution in [0.5, 0.6) is 5.75 Å². The maximum Gasteiger partial charge on any atom is 0.321 e. The fourth-order valence-electron chi connectivity index (χ4n) is 6.23. The number of aryl methyl sites for hydroxylation is 2. The molecule has 268 valence electrons. The summed E-state index contributed by atoms with van der Waals surface area (Å²) in [6.45, 7) is 12.8. The predicted molar refractivity (Wildman–Crippen MR) is 192 cm³/mol. The van der Waals surface area contributed by atoms with Crippen LogP contribution >= 0.6 is 11.3 Å². The number of hydrogen-bond donors (Lipinski definition) is 2. The third kappa shape index (κ3) is 9.59. The molecule has 3 atom stereocenters. The quantitative estimate of drug-likeness (QED) is 0.207. The summed E-state index contributed by atoms with van der Waals surface area (Å²) in [5.74, 6) is -0.113. The number of hydrogen-bond acceptors (Lipinski definition) is 8. The van der Waals surface area contributed by atoms with Gasteiger partial charge in [0.05, 0.1) is 41.4 Å². The normalized spacial score (nSPS) is 15.7. The van der Waals surface area contributed by atoms with Crippen LogP contribution in [0.25, 0.3) is 0 Å². The summed E-state index contributed by atoms with van der Waals surface area (Å²) < 4.78 is 34.2. The Hall–Kier alpha value is -3.52. The lowest BCUT2D eigenvalue weighted by atomic mass is 9.97. The minimum absolute atomic E-state index is 0.0292. The number of rotatable bonds is 17. The van der Waals surface area contributed by atoms with Gasteiger partial charge in [-0.3, -0.25) is 4.79 Å². The van der Waals surface area contributed by atoms with Crippen molar-refractivity contribution in [2.24, 2.45) is 11.8 Å². The number of urea groups is 1. The first kappa shape index (κ1) is 38.3. The highest BCUT2D eigenvalue weighted by Crippen LogP contribution is 2.26. The number of nitrogens with one attached hydrogen (secondary N) is 1. The number of aliphatic hydroxyl groups is 1. The maximum absolute atomic E-state index is 14.1. The van der Waals surface area contributed by atoms with E-state index >= 15 is 0 Å². The van der Waals surface area contributed by atoms with E-state index in [-0.39, 0.29) is 42.3 Å². The zero-order chi connectivity index (χ0) is 35.9. The van der Waals surface area contributed by atoms with Crippen molar-refractivity contribution in [3.63, 3.8) is 0 Å². The summed E-state index contributed by atoms with van der Waals surface area (Å²) in [7, 11) is -2.48. The summed E-state index contributed by atoms with van der Waals surface area (Å²) in [6, 6.07) is 13.7. The number of carbonyl (C=O) groups is 2. The number of benzene rings is 2. The molecule has 0 spiro atoms. The molecule has 2 heterocycles. The number of ether oxygens (including phenoxy) is 1. The standard InChI is InChI=1S/C36H51N5O6S2/c1-8-33-31(37-26(6)48-33)22-39-18-19-41(36(39)44)34(25(4)5)35(43)38-30(20-27-12-10-9-11-13-27)32(42)23-40(21-24(2)3)49(45,46)29-16-14-28(47-7)15-17-29/h9-17,24-25,30,32,34,42H,8,18-23H2,1-7H3,(H,38,43)/t30-,32-,34-/m0/s1. The summed E-state index contributed by atoms with van der Waals surface area (Å²) in [5.41, 5.74) is 1.77. The van der Waals surface area contributed by atoms with Gasteiger partial charge >= 0.3 is 6.03 Å². The van der Waals surface area contributed by atoms with Crippen molar-refractivity contribution in [1.82, 2.24) is 24.4 Å². The molecule has 1 fully saturated rings. The van der Waals surface area contributed by atoms with Crippen molar-refractivity contribution in [3.05, 3.63) is 75.7 Å². The molecule has 2 aromatic carbocycles. The molecular formula is C36H51N5O6S2. The first-order valence-corrected chi connectivity index (χ1v) is 19.2. The first-order chi connectivity index (χ1) is 23.2. The zero-order valence-electron chi connectivity index (χ0n) is 29.6. The number of carbonyl (C=O) groups excluding carboxylic acids is 2. The van der Waals surface area contributed by atoms with Crippen LogP contribution in [0.3, 0.4) is 0 Å². The van der Waals surface area contributed by atoms with E-state index in [1.54, 1.807) is 33.3 Å². The van der Waals surface area contributed by atoms with E-state index in [1.165, 1.54) is 23.5 Å². The monoisotopic (exact) mass is 713 g/mol. The SMILES string of the molecule is CCc1sc(C)nc1CN1CCN([C@H](C(=O)N[C@@H](Cc2ccccc2)[C@@H](O)CN(CC(C)C)S(=O)(=O)c2ccc(OC)cc2)C(C)C)C1=O. The van der Waals surface area contributed by atoms with Gasteiger partial charge in [0, 0.05) is 31.1 Å². The predicted octanol–water partition coefficient (Wildman–Crippen LogP) is 4.72. The van der Waals surface area contributed by atoms with Crippen molar-refractivity contribution in [2.45, 2.75) is 84.0 Å². The minimum atomic E-state index is -3.99. The van der Waals surface area contributed by atoms with Crippen LogP contribution in [0.1, 0.15) is 55.8 Å². The molecule has 4 rings (SSSR count). The smallest absolute Gasteiger partial charge is 0.321 e. The number of sulfonamides is 1. The third-order valence-electron chi connectivity index (χ3n) is 8.66. The molecule has 0 aliphatic carbocycles. The van der Waals surface area contributed by atoms with Crippen LogP contribution < -0.4 is 10.1 Å². The topological polar surface area (TPSA) is 132 Å². The summed E-state index contributed by atoms with van der Waals surface area (Å²) in [4.78, 5) is 37.1. The van der Waals surface area contributed by atoms with E-state index in [2.05, 4.69) is 17.2 Å². The van der Waals surface area contributed by atoms with Gasteiger partial charge in [0.1, 0.15) is 11.8 Å². The van der Waals surface area contributed by atoms with Gasteiger partial charge in [-0.1, -0.05) is 65.0 Å². The zero-order valence-corrected chi connectivity index (χ0v) is 31.3. The van der Waals surface area contributed by atoms with Gasteiger partial charge in [-0.25, -0.2) is 18.2 Å². The lowest BCUT2D eigenvalue weighted by molar-refractivity contribution is -0.128. The molecule has 0 saturated carbocycles. The molecule has 49 heavy (non-hydrogen) atoms. The van der Waals surface area contributed by atoms with Gasteiger partial charge in [-0.2, -0.15) is 4.31 Å². The van der Waals surface area contributed by atoms with Gasteiger partial charge in [-0.05, 0) is 61.4 Å². The summed E-state index contributed by atoms with van der Waals surface area (Å²) in [6.07, 6.45) is -0.153. The Kier molecular flexibility index (Phi) is 13.2. The van der Waals surface area contributed by atoms with Gasteiger partial charge in [0.25, 0.3) is 0 Å². The van der Waals surface area contributed by atoms with Gasteiger partial charge in [0.15, 0.2) is 0 Å². The van der Waals surface area contributed by atoms with E-state index in [9.17, 15) is 23.1 Å². The van der Waals surface area contributed by atoms with Gasteiger partial charge in [-0.15, -0.1) is 11.3 Å². The number of aromatic nitrogens is 1. The third-order valence-corrected chi connectivity index (χ3v) is 11.7. The lowest BCUT2D eigenvalue weighted by Crippen LogP contribution is -2.57. The van der Waals surface area contributed by atoms with E-state index in [4.69, 9.17) is 4.74 Å². The second kappa shape index (κ2) is 16.9. The molecule has 1 aliphatic heterocycles. The molecule has 3 aromatic rings. The number of amides is 3. The first-order valence-electron chi connectivity index (χ1n) is 16.9. The van der Waals surface area contributed by atoms with Crippen molar-refractivity contribution in [2.75, 3.05) is 33.3 Å². The molecule has 1 aromatic heterocycles. The fraction of sp³-hybridized carbons (Fsp3) is 0.528. The van der Waals surface area contributed by atoms with Crippen molar-refractivity contribution in [1.29, 1.82) is 0 Å². The Labute approximate surface area is 295 Å². The van der Waals surface area contributed by atoms with Crippen LogP contribution in [0.15, 0.2) is 59.5 Å². The molecule has 1 aliphatic rings. The lowest BCUT2D eigenvalue weighted by Gasteiger charge is -2.34. The van der Waals surface area contributed by atoms with Crippen LogP contribution in [0.4, 0.5) is 4.79 Å². The van der Waals surface area contributed by atoms with Crippen molar-refractivity contribution >= 4 is 33.3 Å². The fourth-order valence-corrected chi connectivity index (χ4v) is 8.74. The highest BCUT2D eigenvalue weighted by atomic mass is 32.2. The largest absolute Gasteiger partial charge is 0.497 e. The van der Waals surface area contributed by atoms with Crippen LogP contribution in [-0.2, 0) is 34.2 Å². The number of methoxy groups -OCH3 is 1. The molecule has 0 unspecified atom stereocenters. The Morgan fingerprint density at radius 2 is 1.73 bits per heavy atom. The van der Waals surface area contributed by atoms with Gasteiger partial charge < -0.3 is 25.0 Å². The van der Waals surface area contributed by atoms with E-state index in [1.807, 2.05) is 65.0 Å². The second-order valence-corrected chi connectivity index (χ2v) is 16.5. The highest BCUT2D eigenvalue weighted by molar-refractivity contribution is 7.89. The molecule has 13 heteroatoms. The number of nitrogens with zero attached hydrogens (tertiary/aromatic N) is 4. The van der Waals surface area contributed by atoms with Crippen LogP contribution in [0.2, 0.25) is 0 Å². The molecular weight excluding hydrogens is 663 g/mol. The Balaban J connectivity index is 1.57. The summed E-state index contributed by atoms with van der Waals surface area (Å²) >= 11 is 1.64. The molecule has 1 saturated heterocycles. The van der Waals surface area contributed by atoms with Gasteiger partial charge in [0.2, 0.25) is 15.9 Å². The number of thiazole rings is 1. The molecule has 11 nitrogen and oxygen atoms in total. The average molecular weight is 714 g/mol. The number of aliphatic hydroxyl groups excluding tert-OH is 1. The summed E-state index contributed by atoms with van der Waals surface area (Å²) in [5, 5.41) is 15.8. The van der Waals surface area contributed by atoms with Crippen LogP contribution in [0, 0.1) is 18.8 Å². The molecule has 0 bridgehead atoms.